The zero-order chi connectivity index (χ0) is 15.6. The average Bonchev–Trinajstić information content (AvgIpc) is 3.11. The first-order valence-electron chi connectivity index (χ1n) is 7.40. The lowest BCUT2D eigenvalue weighted by Gasteiger charge is -2.29. The Labute approximate surface area is 130 Å². The van der Waals surface area contributed by atoms with E-state index in [4.69, 9.17) is 13.9 Å². The van der Waals surface area contributed by atoms with Gasteiger partial charge in [0.1, 0.15) is 17.9 Å². The third kappa shape index (κ3) is 3.39. The summed E-state index contributed by atoms with van der Waals surface area (Å²) < 4.78 is 17.0. The molecule has 1 aromatic carbocycles. The molecule has 0 saturated carbocycles. The molecule has 1 saturated heterocycles. The largest absolute Gasteiger partial charge is 0.467 e. The number of rotatable bonds is 5. The van der Waals surface area contributed by atoms with Crippen LogP contribution in [-0.2, 0) is 16.0 Å². The van der Waals surface area contributed by atoms with Crippen molar-refractivity contribution < 1.29 is 19.1 Å². The minimum Gasteiger partial charge on any atom is -0.467 e. The molecule has 2 atom stereocenters. The minimum atomic E-state index is -0.650. The fourth-order valence-corrected chi connectivity index (χ4v) is 2.72. The van der Waals surface area contributed by atoms with Gasteiger partial charge in [0, 0.05) is 6.54 Å². The summed E-state index contributed by atoms with van der Waals surface area (Å²) >= 11 is 0. The average molecular weight is 303 g/mol. The summed E-state index contributed by atoms with van der Waals surface area (Å²) in [4.78, 5) is 0. The van der Waals surface area contributed by atoms with E-state index in [0.29, 0.717) is 18.9 Å². The second-order valence-electron chi connectivity index (χ2n) is 5.91. The van der Waals surface area contributed by atoms with Gasteiger partial charge in [-0.25, -0.2) is 0 Å². The molecule has 1 aliphatic rings. The molecule has 22 heavy (non-hydrogen) atoms. The van der Waals surface area contributed by atoms with Gasteiger partial charge in [0.25, 0.3) is 0 Å². The molecule has 0 bridgehead atoms. The van der Waals surface area contributed by atoms with E-state index in [1.54, 1.807) is 12.3 Å². The summed E-state index contributed by atoms with van der Waals surface area (Å²) in [6, 6.07) is 13.0. The van der Waals surface area contributed by atoms with Crippen LogP contribution >= 0.6 is 0 Å². The molecule has 3 rings (SSSR count). The van der Waals surface area contributed by atoms with E-state index in [-0.39, 0.29) is 6.10 Å². The lowest BCUT2D eigenvalue weighted by molar-refractivity contribution is -0.194. The number of benzene rings is 1. The maximum atomic E-state index is 10.6. The van der Waals surface area contributed by atoms with Crippen molar-refractivity contribution in [3.05, 3.63) is 60.1 Å². The first-order chi connectivity index (χ1) is 10.6. The van der Waals surface area contributed by atoms with Crippen LogP contribution in [0, 0.1) is 0 Å². The normalized spacial score (nSPS) is 22.1. The molecule has 1 N–H and O–H groups in total. The fraction of sp³-hybridized carbons (Fsp3) is 0.412. The highest BCUT2D eigenvalue weighted by Crippen LogP contribution is 2.34. The first kappa shape index (κ1) is 15.2. The molecule has 0 radical (unpaired) electrons. The molecule has 118 valence electrons. The summed E-state index contributed by atoms with van der Waals surface area (Å²) in [5.41, 5.74) is 1.01. The lowest BCUT2D eigenvalue weighted by Crippen LogP contribution is -2.36. The molecular formula is C17H21NO4. The topological polar surface area (TPSA) is 55.1 Å². The highest BCUT2D eigenvalue weighted by molar-refractivity contribution is 5.15. The number of hydrogen-bond acceptors (Lipinski definition) is 5. The molecule has 1 fully saturated rings. The molecule has 2 aromatic rings. The molecule has 0 unspecified atom stereocenters. The van der Waals surface area contributed by atoms with Gasteiger partial charge in [-0.15, -0.1) is 0 Å². The number of nitrogens with zero attached hydrogens (tertiary/aromatic N) is 1. The van der Waals surface area contributed by atoms with Crippen molar-refractivity contribution >= 4 is 0 Å². The summed E-state index contributed by atoms with van der Waals surface area (Å²) in [7, 11) is 0. The van der Waals surface area contributed by atoms with E-state index < -0.39 is 11.8 Å². The molecule has 0 spiro atoms. The van der Waals surface area contributed by atoms with Gasteiger partial charge >= 0.3 is 0 Å². The zero-order valence-corrected chi connectivity index (χ0v) is 12.8. The Hall–Kier alpha value is -1.66. The highest BCUT2D eigenvalue weighted by atomic mass is 16.7. The quantitative estimate of drug-likeness (QED) is 0.858. The predicted molar refractivity (Wildman–Crippen MR) is 80.1 cm³/mol. The van der Waals surface area contributed by atoms with E-state index in [0.717, 1.165) is 5.56 Å². The minimum absolute atomic E-state index is 0.296. The van der Waals surface area contributed by atoms with Crippen molar-refractivity contribution in [1.29, 1.82) is 0 Å². The van der Waals surface area contributed by atoms with Crippen LogP contribution in [0.4, 0.5) is 0 Å². The van der Waals surface area contributed by atoms with Gasteiger partial charge in [0.05, 0.1) is 12.9 Å². The molecule has 1 aromatic heterocycles. The Morgan fingerprint density at radius 3 is 2.59 bits per heavy atom. The maximum Gasteiger partial charge on any atom is 0.163 e. The Kier molecular flexibility index (Phi) is 4.31. The molecule has 5 heteroatoms. The van der Waals surface area contributed by atoms with E-state index in [1.165, 1.54) is 5.06 Å². The van der Waals surface area contributed by atoms with Gasteiger partial charge in [0.2, 0.25) is 0 Å². The van der Waals surface area contributed by atoms with Crippen molar-refractivity contribution in [2.24, 2.45) is 0 Å². The Morgan fingerprint density at radius 1 is 1.23 bits per heavy atom. The fourth-order valence-electron chi connectivity index (χ4n) is 2.72. The van der Waals surface area contributed by atoms with Crippen LogP contribution < -0.4 is 0 Å². The van der Waals surface area contributed by atoms with Crippen LogP contribution in [0.25, 0.3) is 0 Å². The van der Waals surface area contributed by atoms with E-state index in [1.807, 2.05) is 50.2 Å². The molecule has 5 nitrogen and oxygen atoms in total. The van der Waals surface area contributed by atoms with Crippen molar-refractivity contribution in [3.63, 3.8) is 0 Å². The van der Waals surface area contributed by atoms with E-state index in [2.05, 4.69) is 0 Å². The molecular weight excluding hydrogens is 282 g/mol. The van der Waals surface area contributed by atoms with Crippen LogP contribution in [0.15, 0.2) is 53.1 Å². The van der Waals surface area contributed by atoms with Crippen molar-refractivity contribution in [3.8, 4) is 0 Å². The second-order valence-corrected chi connectivity index (χ2v) is 5.91. The van der Waals surface area contributed by atoms with Gasteiger partial charge in [0.15, 0.2) is 5.79 Å². The monoisotopic (exact) mass is 303 g/mol. The summed E-state index contributed by atoms with van der Waals surface area (Å²) in [5.74, 6) is 0.00745. The Bertz CT molecular complexity index is 582. The summed E-state index contributed by atoms with van der Waals surface area (Å²) in [6.07, 6.45) is 1.30. The van der Waals surface area contributed by atoms with Gasteiger partial charge in [-0.1, -0.05) is 30.3 Å². The zero-order valence-electron chi connectivity index (χ0n) is 12.8. The summed E-state index contributed by atoms with van der Waals surface area (Å²) in [5, 5.41) is 11.9. The molecule has 0 aliphatic carbocycles. The third-order valence-electron chi connectivity index (χ3n) is 3.73. The van der Waals surface area contributed by atoms with Crippen molar-refractivity contribution in [1.82, 2.24) is 5.06 Å². The second kappa shape index (κ2) is 6.22. The molecule has 0 amide bonds. The first-order valence-corrected chi connectivity index (χ1v) is 7.40. The van der Waals surface area contributed by atoms with Crippen LogP contribution in [0.3, 0.4) is 0 Å². The third-order valence-corrected chi connectivity index (χ3v) is 3.73. The smallest absolute Gasteiger partial charge is 0.163 e. The van der Waals surface area contributed by atoms with Gasteiger partial charge < -0.3 is 19.1 Å². The van der Waals surface area contributed by atoms with Crippen LogP contribution in [0.1, 0.15) is 31.2 Å². The van der Waals surface area contributed by atoms with Crippen LogP contribution in [0.5, 0.6) is 0 Å². The summed E-state index contributed by atoms with van der Waals surface area (Å²) in [6.45, 7) is 4.52. The highest BCUT2D eigenvalue weighted by Gasteiger charge is 2.41. The Morgan fingerprint density at radius 2 is 2.00 bits per heavy atom. The van der Waals surface area contributed by atoms with Crippen LogP contribution in [-0.4, -0.2) is 28.8 Å². The van der Waals surface area contributed by atoms with Crippen molar-refractivity contribution in [2.45, 2.75) is 38.3 Å². The molecule has 2 heterocycles. The van der Waals surface area contributed by atoms with Gasteiger partial charge in [-0.2, -0.15) is 5.06 Å². The number of ether oxygens (including phenoxy) is 2. The van der Waals surface area contributed by atoms with Crippen molar-refractivity contribution in [2.75, 3.05) is 6.61 Å². The SMILES string of the molecule is CC1(C)OC[C@H]([C@@H](c2ccco2)N(O)Cc2ccccc2)O1. The maximum absolute atomic E-state index is 10.6. The number of furan rings is 1. The molecule has 1 aliphatic heterocycles. The number of hydrogen-bond donors (Lipinski definition) is 1. The predicted octanol–water partition coefficient (Wildman–Crippen LogP) is 3.36. The van der Waals surface area contributed by atoms with Gasteiger partial charge in [-0.3, -0.25) is 0 Å². The lowest BCUT2D eigenvalue weighted by atomic mass is 10.1. The van der Waals surface area contributed by atoms with Crippen LogP contribution in [0.2, 0.25) is 0 Å². The van der Waals surface area contributed by atoms with Gasteiger partial charge in [-0.05, 0) is 31.5 Å². The number of hydroxylamine groups is 2. The van der Waals surface area contributed by atoms with E-state index >= 15 is 0 Å². The van der Waals surface area contributed by atoms with E-state index in [9.17, 15) is 5.21 Å². The standard InChI is InChI=1S/C17H21NO4/c1-17(2)21-12-15(22-17)16(14-9-6-10-20-14)18(19)11-13-7-4-3-5-8-13/h3-10,15-16,19H,11-12H2,1-2H3/t15-,16-/m1/s1. The Balaban J connectivity index is 1.80.